The summed E-state index contributed by atoms with van der Waals surface area (Å²) in [6, 6.07) is 3.59. The van der Waals surface area contributed by atoms with E-state index < -0.39 is 0 Å². The zero-order chi connectivity index (χ0) is 14.0. The average molecular weight is 265 g/mol. The molecule has 1 aromatic carbocycles. The van der Waals surface area contributed by atoms with Gasteiger partial charge in [0.05, 0.1) is 32.4 Å². The fraction of sp³-hybridized carbons (Fsp3) is 0.500. The molecule has 104 valence electrons. The Labute approximate surface area is 113 Å². The van der Waals surface area contributed by atoms with Gasteiger partial charge in [0.15, 0.2) is 11.5 Å². The van der Waals surface area contributed by atoms with Gasteiger partial charge in [-0.05, 0) is 13.8 Å². The normalized spacial score (nSPS) is 16.6. The van der Waals surface area contributed by atoms with Gasteiger partial charge in [-0.3, -0.25) is 0 Å². The Hall–Kier alpha value is -1.91. The van der Waals surface area contributed by atoms with E-state index in [1.807, 2.05) is 19.9 Å². The molecule has 0 saturated carbocycles. The van der Waals surface area contributed by atoms with E-state index in [-0.39, 0.29) is 5.54 Å². The summed E-state index contributed by atoms with van der Waals surface area (Å²) in [6.07, 6.45) is 0. The molecule has 5 nitrogen and oxygen atoms in total. The maximum Gasteiger partial charge on any atom is 0.220 e. The van der Waals surface area contributed by atoms with Gasteiger partial charge in [-0.15, -0.1) is 0 Å². The van der Waals surface area contributed by atoms with E-state index in [0.717, 1.165) is 5.56 Å². The first kappa shape index (κ1) is 13.5. The van der Waals surface area contributed by atoms with Crippen molar-refractivity contribution in [3.05, 3.63) is 17.7 Å². The Bertz CT molecular complexity index is 508. The highest BCUT2D eigenvalue weighted by atomic mass is 16.5. The quantitative estimate of drug-likeness (QED) is 0.838. The van der Waals surface area contributed by atoms with Crippen LogP contribution in [-0.2, 0) is 4.74 Å². The molecule has 0 radical (unpaired) electrons. The van der Waals surface area contributed by atoms with Gasteiger partial charge in [0.1, 0.15) is 12.4 Å². The van der Waals surface area contributed by atoms with Gasteiger partial charge in [-0.25, -0.2) is 4.99 Å². The third-order valence-electron chi connectivity index (χ3n) is 2.90. The molecule has 0 aliphatic carbocycles. The number of rotatable bonds is 4. The number of benzene rings is 1. The molecule has 0 N–H and O–H groups in total. The second kappa shape index (κ2) is 4.99. The maximum absolute atomic E-state index is 5.64. The van der Waals surface area contributed by atoms with Crippen molar-refractivity contribution in [1.82, 2.24) is 0 Å². The molecule has 1 aliphatic rings. The van der Waals surface area contributed by atoms with E-state index in [9.17, 15) is 0 Å². The van der Waals surface area contributed by atoms with Crippen molar-refractivity contribution in [3.63, 3.8) is 0 Å². The molecule has 2 rings (SSSR count). The highest BCUT2D eigenvalue weighted by molar-refractivity contribution is 5.98. The van der Waals surface area contributed by atoms with Crippen molar-refractivity contribution in [2.45, 2.75) is 19.4 Å². The van der Waals surface area contributed by atoms with Crippen LogP contribution >= 0.6 is 0 Å². The van der Waals surface area contributed by atoms with Crippen LogP contribution in [0.2, 0.25) is 0 Å². The fourth-order valence-electron chi connectivity index (χ4n) is 1.92. The van der Waals surface area contributed by atoms with E-state index in [1.165, 1.54) is 0 Å². The molecule has 0 spiro atoms. The third kappa shape index (κ3) is 2.59. The SMILES string of the molecule is COc1cc(OC)c(C2=NC(C)(C)CO2)cc1OC. The van der Waals surface area contributed by atoms with E-state index in [1.54, 1.807) is 27.4 Å². The van der Waals surface area contributed by atoms with Crippen molar-refractivity contribution in [1.29, 1.82) is 0 Å². The van der Waals surface area contributed by atoms with E-state index >= 15 is 0 Å². The Balaban J connectivity index is 2.51. The Kier molecular flexibility index (Phi) is 3.55. The van der Waals surface area contributed by atoms with Crippen LogP contribution in [0.1, 0.15) is 19.4 Å². The molecule has 0 atom stereocenters. The smallest absolute Gasteiger partial charge is 0.220 e. The van der Waals surface area contributed by atoms with Gasteiger partial charge in [0.2, 0.25) is 5.90 Å². The standard InChI is InChI=1S/C14H19NO4/c1-14(2)8-19-13(15-14)9-6-11(17-4)12(18-5)7-10(9)16-3/h6-7H,8H2,1-5H3. The molecule has 0 bridgehead atoms. The van der Waals surface area contributed by atoms with Gasteiger partial charge >= 0.3 is 0 Å². The van der Waals surface area contributed by atoms with Crippen LogP contribution in [-0.4, -0.2) is 39.4 Å². The van der Waals surface area contributed by atoms with Crippen LogP contribution in [0.4, 0.5) is 0 Å². The number of hydrogen-bond donors (Lipinski definition) is 0. The minimum Gasteiger partial charge on any atom is -0.496 e. The monoisotopic (exact) mass is 265 g/mol. The lowest BCUT2D eigenvalue weighted by molar-refractivity contribution is 0.278. The zero-order valence-corrected chi connectivity index (χ0v) is 11.9. The summed E-state index contributed by atoms with van der Waals surface area (Å²) in [6.45, 7) is 4.60. The van der Waals surface area contributed by atoms with Gasteiger partial charge in [0, 0.05) is 12.1 Å². The second-order valence-electron chi connectivity index (χ2n) is 4.93. The van der Waals surface area contributed by atoms with E-state index in [4.69, 9.17) is 18.9 Å². The number of nitrogens with zero attached hydrogens (tertiary/aromatic N) is 1. The lowest BCUT2D eigenvalue weighted by Gasteiger charge is -2.13. The molecule has 1 heterocycles. The summed E-state index contributed by atoms with van der Waals surface area (Å²) >= 11 is 0. The number of ether oxygens (including phenoxy) is 4. The highest BCUT2D eigenvalue weighted by Crippen LogP contribution is 2.36. The molecule has 0 saturated heterocycles. The minimum atomic E-state index is -0.215. The molecule has 1 aromatic rings. The first-order valence-electron chi connectivity index (χ1n) is 6.04. The predicted molar refractivity (Wildman–Crippen MR) is 72.7 cm³/mol. The lowest BCUT2D eigenvalue weighted by atomic mass is 10.1. The van der Waals surface area contributed by atoms with Crippen LogP contribution in [0.3, 0.4) is 0 Å². The summed E-state index contributed by atoms with van der Waals surface area (Å²) in [7, 11) is 4.78. The number of methoxy groups -OCH3 is 3. The maximum atomic E-state index is 5.64. The number of aliphatic imine (C=N–C) groups is 1. The Morgan fingerprint density at radius 2 is 1.58 bits per heavy atom. The van der Waals surface area contributed by atoms with E-state index in [2.05, 4.69) is 4.99 Å². The molecule has 5 heteroatoms. The van der Waals surface area contributed by atoms with Crippen molar-refractivity contribution in [3.8, 4) is 17.2 Å². The molecule has 0 unspecified atom stereocenters. The van der Waals surface area contributed by atoms with Crippen molar-refractivity contribution >= 4 is 5.90 Å². The summed E-state index contributed by atoms with van der Waals surface area (Å²) in [5.74, 6) is 2.45. The molecule has 1 aliphatic heterocycles. The minimum absolute atomic E-state index is 0.215. The zero-order valence-electron chi connectivity index (χ0n) is 11.9. The predicted octanol–water partition coefficient (Wildman–Crippen LogP) is 2.27. The van der Waals surface area contributed by atoms with E-state index in [0.29, 0.717) is 29.8 Å². The second-order valence-corrected chi connectivity index (χ2v) is 4.93. The van der Waals surface area contributed by atoms with Gasteiger partial charge in [-0.2, -0.15) is 0 Å². The average Bonchev–Trinajstić information content (AvgIpc) is 2.77. The summed E-state index contributed by atoms with van der Waals surface area (Å²) < 4.78 is 21.6. The Morgan fingerprint density at radius 3 is 2.05 bits per heavy atom. The van der Waals surface area contributed by atoms with Gasteiger partial charge in [0.25, 0.3) is 0 Å². The largest absolute Gasteiger partial charge is 0.496 e. The van der Waals surface area contributed by atoms with Gasteiger partial charge in [-0.1, -0.05) is 0 Å². The Morgan fingerprint density at radius 1 is 1.00 bits per heavy atom. The third-order valence-corrected chi connectivity index (χ3v) is 2.90. The van der Waals surface area contributed by atoms with Crippen molar-refractivity contribution in [2.24, 2.45) is 4.99 Å². The number of hydrogen-bond acceptors (Lipinski definition) is 5. The van der Waals surface area contributed by atoms with Crippen LogP contribution in [0.25, 0.3) is 0 Å². The van der Waals surface area contributed by atoms with Crippen LogP contribution < -0.4 is 14.2 Å². The van der Waals surface area contributed by atoms with Crippen LogP contribution in [0.15, 0.2) is 17.1 Å². The summed E-state index contributed by atoms with van der Waals surface area (Å²) in [5.41, 5.74) is 0.554. The molecule has 0 fully saturated rings. The molecular weight excluding hydrogens is 246 g/mol. The van der Waals surface area contributed by atoms with Crippen molar-refractivity contribution in [2.75, 3.05) is 27.9 Å². The first-order valence-corrected chi connectivity index (χ1v) is 6.04. The van der Waals surface area contributed by atoms with Crippen LogP contribution in [0.5, 0.6) is 17.2 Å². The molecule has 0 amide bonds. The molecule has 19 heavy (non-hydrogen) atoms. The topological polar surface area (TPSA) is 49.3 Å². The summed E-state index contributed by atoms with van der Waals surface area (Å²) in [5, 5.41) is 0. The highest BCUT2D eigenvalue weighted by Gasteiger charge is 2.29. The first-order chi connectivity index (χ1) is 9.00. The summed E-state index contributed by atoms with van der Waals surface area (Å²) in [4.78, 5) is 4.55. The lowest BCUT2D eigenvalue weighted by Crippen LogP contribution is -2.17. The fourth-order valence-corrected chi connectivity index (χ4v) is 1.92. The van der Waals surface area contributed by atoms with Crippen molar-refractivity contribution < 1.29 is 18.9 Å². The molecule has 0 aromatic heterocycles. The molecular formula is C14H19NO4. The van der Waals surface area contributed by atoms with Gasteiger partial charge < -0.3 is 18.9 Å². The van der Waals surface area contributed by atoms with Crippen LogP contribution in [0, 0.1) is 0 Å².